The molecule has 0 unspecified atom stereocenters. The molecule has 1 aromatic heterocycles. The highest BCUT2D eigenvalue weighted by Crippen LogP contribution is 2.41. The summed E-state index contributed by atoms with van der Waals surface area (Å²) in [5, 5.41) is 4.61. The van der Waals surface area contributed by atoms with Gasteiger partial charge in [-0.3, -0.25) is 0 Å². The Balaban J connectivity index is 1.09. The van der Waals surface area contributed by atoms with Gasteiger partial charge >= 0.3 is 0 Å². The summed E-state index contributed by atoms with van der Waals surface area (Å²) in [5.41, 5.74) is 12.9. The van der Waals surface area contributed by atoms with Crippen molar-refractivity contribution in [2.45, 2.75) is 13.3 Å². The van der Waals surface area contributed by atoms with Crippen molar-refractivity contribution in [3.8, 4) is 22.6 Å². The standard InChI is InChI=1S/C50H36O2/c1-33-30-41(28-29-46(33)51-48-25-13-23-45-43-21-10-11-24-47(43)52-50(45)48)49(36-15-4-3-5-16-36)44-22-9-8-20-42(44)34(2)37-18-12-19-39(31-37)40-27-26-35-14-6-7-17-38(35)32-40/h3-15,17-32H,2,16H2,1H3/b49-36-. The Bertz CT molecular complexity index is 2770. The van der Waals surface area contributed by atoms with Crippen LogP contribution in [0.15, 0.2) is 193 Å². The summed E-state index contributed by atoms with van der Waals surface area (Å²) in [6.07, 6.45) is 9.54. The van der Waals surface area contributed by atoms with Gasteiger partial charge in [0.15, 0.2) is 11.3 Å². The van der Waals surface area contributed by atoms with Gasteiger partial charge in [0.25, 0.3) is 0 Å². The number of fused-ring (bicyclic) bond motifs is 4. The van der Waals surface area contributed by atoms with Gasteiger partial charge in [0.1, 0.15) is 11.3 Å². The zero-order chi connectivity index (χ0) is 35.0. The first-order valence-corrected chi connectivity index (χ1v) is 17.7. The van der Waals surface area contributed by atoms with Crippen molar-refractivity contribution in [1.82, 2.24) is 0 Å². The summed E-state index contributed by atoms with van der Waals surface area (Å²) in [7, 11) is 0. The van der Waals surface area contributed by atoms with E-state index in [-0.39, 0.29) is 0 Å². The Hall–Kier alpha value is -6.64. The molecule has 2 heteroatoms. The molecule has 1 aliphatic rings. The summed E-state index contributed by atoms with van der Waals surface area (Å²) in [6, 6.07) is 53.3. The van der Waals surface area contributed by atoms with Crippen molar-refractivity contribution in [3.63, 3.8) is 0 Å². The van der Waals surface area contributed by atoms with Gasteiger partial charge in [0.05, 0.1) is 0 Å². The number of rotatable bonds is 7. The fourth-order valence-electron chi connectivity index (χ4n) is 7.43. The van der Waals surface area contributed by atoms with Crippen LogP contribution in [0.25, 0.3) is 55.0 Å². The summed E-state index contributed by atoms with van der Waals surface area (Å²) >= 11 is 0. The zero-order valence-electron chi connectivity index (χ0n) is 29.0. The molecule has 2 nitrogen and oxygen atoms in total. The molecule has 0 bridgehead atoms. The van der Waals surface area contributed by atoms with Gasteiger partial charge < -0.3 is 9.15 Å². The van der Waals surface area contributed by atoms with Crippen LogP contribution in [0.2, 0.25) is 0 Å². The second-order valence-electron chi connectivity index (χ2n) is 13.4. The smallest absolute Gasteiger partial charge is 0.177 e. The molecule has 8 aromatic rings. The van der Waals surface area contributed by atoms with Crippen LogP contribution in [-0.2, 0) is 0 Å². The van der Waals surface area contributed by atoms with Crippen LogP contribution >= 0.6 is 0 Å². The first-order chi connectivity index (χ1) is 25.6. The molecule has 1 heterocycles. The Labute approximate surface area is 303 Å². The van der Waals surface area contributed by atoms with Crippen LogP contribution in [-0.4, -0.2) is 0 Å². The first-order valence-electron chi connectivity index (χ1n) is 17.7. The van der Waals surface area contributed by atoms with Gasteiger partial charge in [-0.1, -0.05) is 146 Å². The summed E-state index contributed by atoms with van der Waals surface area (Å²) in [5.74, 6) is 1.50. The third-order valence-electron chi connectivity index (χ3n) is 10.1. The normalized spacial score (nSPS) is 13.6. The van der Waals surface area contributed by atoms with Crippen molar-refractivity contribution >= 4 is 43.9 Å². The molecule has 7 aromatic carbocycles. The monoisotopic (exact) mass is 668 g/mol. The van der Waals surface area contributed by atoms with Crippen molar-refractivity contribution < 1.29 is 9.15 Å². The third kappa shape index (κ3) is 5.75. The quantitative estimate of drug-likeness (QED) is 0.169. The van der Waals surface area contributed by atoms with Crippen LogP contribution in [0.3, 0.4) is 0 Å². The summed E-state index contributed by atoms with van der Waals surface area (Å²) in [4.78, 5) is 0. The molecule has 248 valence electrons. The average Bonchev–Trinajstić information content (AvgIpc) is 3.59. The van der Waals surface area contributed by atoms with Crippen molar-refractivity contribution in [2.75, 3.05) is 0 Å². The number of aryl methyl sites for hydroxylation is 1. The lowest BCUT2D eigenvalue weighted by atomic mass is 9.84. The summed E-state index contributed by atoms with van der Waals surface area (Å²) in [6.45, 7) is 6.81. The highest BCUT2D eigenvalue weighted by molar-refractivity contribution is 6.06. The fourth-order valence-corrected chi connectivity index (χ4v) is 7.43. The topological polar surface area (TPSA) is 22.4 Å². The molecule has 0 fully saturated rings. The maximum absolute atomic E-state index is 6.58. The van der Waals surface area contributed by atoms with Crippen molar-refractivity contribution in [2.24, 2.45) is 0 Å². The molecule has 0 radical (unpaired) electrons. The van der Waals surface area contributed by atoms with Crippen molar-refractivity contribution in [3.05, 3.63) is 216 Å². The van der Waals surface area contributed by atoms with Crippen LogP contribution in [0, 0.1) is 6.92 Å². The SMILES string of the molecule is C=C(c1cccc(-c2ccc3ccccc3c2)c1)c1ccccc1/C(=C1/C=CC=CC1)c1ccc(Oc2cccc3c2oc2ccccc23)c(C)c1. The number of hydrogen-bond donors (Lipinski definition) is 0. The van der Waals surface area contributed by atoms with Gasteiger partial charge in [0, 0.05) is 10.8 Å². The molecule has 0 N–H and O–H groups in total. The van der Waals surface area contributed by atoms with Crippen LogP contribution < -0.4 is 4.74 Å². The number of allylic oxidation sites excluding steroid dienone is 5. The van der Waals surface area contributed by atoms with E-state index < -0.39 is 0 Å². The van der Waals surface area contributed by atoms with E-state index in [1.165, 1.54) is 33.0 Å². The molecule has 52 heavy (non-hydrogen) atoms. The number of hydrogen-bond acceptors (Lipinski definition) is 2. The van der Waals surface area contributed by atoms with E-state index in [2.05, 4.69) is 153 Å². The second-order valence-corrected chi connectivity index (χ2v) is 13.4. The molecule has 1 aliphatic carbocycles. The third-order valence-corrected chi connectivity index (χ3v) is 10.1. The van der Waals surface area contributed by atoms with E-state index in [1.807, 2.05) is 30.3 Å². The Kier molecular flexibility index (Phi) is 7.98. The predicted octanol–water partition coefficient (Wildman–Crippen LogP) is 13.9. The molecule has 0 amide bonds. The van der Waals surface area contributed by atoms with E-state index in [0.717, 1.165) is 67.5 Å². The molecular weight excluding hydrogens is 633 g/mol. The molecular formula is C50H36O2. The molecule has 0 aliphatic heterocycles. The van der Waals surface area contributed by atoms with Gasteiger partial charge in [0.2, 0.25) is 0 Å². The Morgan fingerprint density at radius 2 is 1.37 bits per heavy atom. The molecule has 0 saturated heterocycles. The van der Waals surface area contributed by atoms with Gasteiger partial charge in [-0.25, -0.2) is 0 Å². The Morgan fingerprint density at radius 1 is 0.596 bits per heavy atom. The highest BCUT2D eigenvalue weighted by atomic mass is 16.5. The van der Waals surface area contributed by atoms with Crippen molar-refractivity contribution in [1.29, 1.82) is 0 Å². The number of benzene rings is 7. The van der Waals surface area contributed by atoms with Gasteiger partial charge in [-0.15, -0.1) is 0 Å². The lowest BCUT2D eigenvalue weighted by Gasteiger charge is -2.20. The molecule has 0 saturated carbocycles. The van der Waals surface area contributed by atoms with Crippen LogP contribution in [0.4, 0.5) is 0 Å². The lowest BCUT2D eigenvalue weighted by molar-refractivity contribution is 0.473. The van der Waals surface area contributed by atoms with E-state index in [4.69, 9.17) is 15.7 Å². The minimum Gasteiger partial charge on any atom is -0.453 e. The van der Waals surface area contributed by atoms with E-state index in [9.17, 15) is 0 Å². The first kappa shape index (κ1) is 31.3. The number of para-hydroxylation sites is 2. The molecule has 9 rings (SSSR count). The van der Waals surface area contributed by atoms with Gasteiger partial charge in [-0.2, -0.15) is 0 Å². The highest BCUT2D eigenvalue weighted by Gasteiger charge is 2.19. The average molecular weight is 669 g/mol. The minimum absolute atomic E-state index is 0.705. The molecule has 0 atom stereocenters. The van der Waals surface area contributed by atoms with E-state index in [0.29, 0.717) is 5.75 Å². The number of ether oxygens (including phenoxy) is 1. The Morgan fingerprint density at radius 3 is 2.23 bits per heavy atom. The van der Waals surface area contributed by atoms with Gasteiger partial charge in [-0.05, 0) is 116 Å². The second kappa shape index (κ2) is 13.2. The van der Waals surface area contributed by atoms with E-state index in [1.54, 1.807) is 0 Å². The molecule has 0 spiro atoms. The van der Waals surface area contributed by atoms with Crippen LogP contribution in [0.5, 0.6) is 11.5 Å². The van der Waals surface area contributed by atoms with E-state index >= 15 is 0 Å². The fraction of sp³-hybridized carbons (Fsp3) is 0.0400. The maximum atomic E-state index is 6.58. The summed E-state index contributed by atoms with van der Waals surface area (Å²) < 4.78 is 12.8. The predicted molar refractivity (Wildman–Crippen MR) is 218 cm³/mol. The maximum Gasteiger partial charge on any atom is 0.177 e. The largest absolute Gasteiger partial charge is 0.453 e. The number of furan rings is 1. The van der Waals surface area contributed by atoms with Crippen LogP contribution in [0.1, 0.15) is 34.2 Å². The zero-order valence-corrected chi connectivity index (χ0v) is 29.0. The minimum atomic E-state index is 0.705. The lowest BCUT2D eigenvalue weighted by Crippen LogP contribution is -2.00.